The average molecular weight is 281 g/mol. The summed E-state index contributed by atoms with van der Waals surface area (Å²) >= 11 is 0. The molecule has 0 atom stereocenters. The van der Waals surface area contributed by atoms with Gasteiger partial charge < -0.3 is 4.12 Å². The van der Waals surface area contributed by atoms with Gasteiger partial charge in [-0.05, 0) is 57.2 Å². The summed E-state index contributed by atoms with van der Waals surface area (Å²) in [4.78, 5) is 0. The van der Waals surface area contributed by atoms with Crippen LogP contribution in [0.5, 0.6) is 0 Å². The maximum Gasteiger partial charge on any atom is 0.173 e. The minimum Gasteiger partial charge on any atom is -0.456 e. The van der Waals surface area contributed by atoms with Crippen LogP contribution in [-0.2, 0) is 10.5 Å². The molecule has 1 aromatic carbocycles. The third kappa shape index (κ3) is 7.14. The van der Waals surface area contributed by atoms with Crippen LogP contribution in [0, 0.1) is 0 Å². The number of rotatable bonds is 7. The van der Waals surface area contributed by atoms with Crippen molar-refractivity contribution >= 4 is 16.6 Å². The monoisotopic (exact) mass is 280 g/mol. The highest BCUT2D eigenvalue weighted by molar-refractivity contribution is 6.84. The Bertz CT molecular complexity index is 341. The van der Waals surface area contributed by atoms with Crippen LogP contribution in [0.1, 0.15) is 18.4 Å². The first-order valence-electron chi connectivity index (χ1n) is 7.03. The second-order valence-corrected chi connectivity index (χ2v) is 15.7. The Morgan fingerprint density at radius 2 is 1.50 bits per heavy atom. The molecule has 102 valence electrons. The van der Waals surface area contributed by atoms with Gasteiger partial charge in [-0.2, -0.15) is 0 Å². The van der Waals surface area contributed by atoms with E-state index in [0.29, 0.717) is 0 Å². The molecular weight excluding hydrogens is 252 g/mol. The summed E-state index contributed by atoms with van der Waals surface area (Å²) in [6.07, 6.45) is 3.80. The van der Waals surface area contributed by atoms with Gasteiger partial charge in [-0.3, -0.25) is 0 Å². The van der Waals surface area contributed by atoms with E-state index in [9.17, 15) is 0 Å². The van der Waals surface area contributed by atoms with Crippen LogP contribution in [0.3, 0.4) is 0 Å². The lowest BCUT2D eigenvalue weighted by Gasteiger charge is -2.31. The van der Waals surface area contributed by atoms with Crippen molar-refractivity contribution < 1.29 is 4.12 Å². The van der Waals surface area contributed by atoms with Crippen molar-refractivity contribution in [1.29, 1.82) is 0 Å². The molecule has 0 spiro atoms. The molecule has 3 heteroatoms. The first-order valence-corrected chi connectivity index (χ1v) is 13.5. The molecule has 1 rings (SSSR count). The van der Waals surface area contributed by atoms with E-state index in [-0.39, 0.29) is 0 Å². The predicted octanol–water partition coefficient (Wildman–Crippen LogP) is 5.07. The van der Waals surface area contributed by atoms with Crippen molar-refractivity contribution in [3.8, 4) is 0 Å². The molecule has 18 heavy (non-hydrogen) atoms. The topological polar surface area (TPSA) is 9.23 Å². The third-order valence-electron chi connectivity index (χ3n) is 2.92. The molecule has 0 aromatic heterocycles. The van der Waals surface area contributed by atoms with Crippen LogP contribution in [0.2, 0.25) is 38.8 Å². The van der Waals surface area contributed by atoms with Crippen molar-refractivity contribution in [2.24, 2.45) is 0 Å². The van der Waals surface area contributed by atoms with Gasteiger partial charge in [-0.25, -0.2) is 0 Å². The maximum absolute atomic E-state index is 6.36. The quantitative estimate of drug-likeness (QED) is 0.501. The van der Waals surface area contributed by atoms with E-state index in [0.717, 1.165) is 0 Å². The number of benzene rings is 1. The van der Waals surface area contributed by atoms with Gasteiger partial charge in [0.05, 0.1) is 0 Å². The number of hydrogen-bond acceptors (Lipinski definition) is 1. The first-order chi connectivity index (χ1) is 8.29. The Morgan fingerprint density at radius 1 is 0.889 bits per heavy atom. The highest BCUT2D eigenvalue weighted by Gasteiger charge is 2.28. The lowest BCUT2D eigenvalue weighted by molar-refractivity contribution is 0.541. The minimum atomic E-state index is -1.42. The van der Waals surface area contributed by atoms with E-state index in [2.05, 4.69) is 63.1 Å². The molecule has 0 bridgehead atoms. The average Bonchev–Trinajstić information content (AvgIpc) is 2.23. The van der Waals surface area contributed by atoms with Gasteiger partial charge in [0.1, 0.15) is 0 Å². The standard InChI is InChI=1S/C15H28OSi2/c1-17(2,3)16-18(4,5)14-10-9-13-15-11-7-6-8-12-15/h6-8,11-12H,9-10,13-14H2,1-5H3. The van der Waals surface area contributed by atoms with Crippen LogP contribution >= 0.6 is 0 Å². The molecule has 0 unspecified atom stereocenters. The summed E-state index contributed by atoms with van der Waals surface area (Å²) in [6.45, 7) is 11.6. The highest BCUT2D eigenvalue weighted by atomic mass is 28.4. The van der Waals surface area contributed by atoms with E-state index >= 15 is 0 Å². The molecule has 0 radical (unpaired) electrons. The number of aryl methyl sites for hydroxylation is 1. The largest absolute Gasteiger partial charge is 0.456 e. The Labute approximate surface area is 115 Å². The van der Waals surface area contributed by atoms with Crippen LogP contribution in [0.15, 0.2) is 30.3 Å². The maximum atomic E-state index is 6.36. The van der Waals surface area contributed by atoms with Crippen LogP contribution in [-0.4, -0.2) is 16.6 Å². The summed E-state index contributed by atoms with van der Waals surface area (Å²) in [5.74, 6) is 0. The van der Waals surface area contributed by atoms with E-state index in [1.54, 1.807) is 0 Å². The number of hydrogen-bond donors (Lipinski definition) is 0. The Balaban J connectivity index is 2.25. The van der Waals surface area contributed by atoms with Gasteiger partial charge in [0, 0.05) is 0 Å². The van der Waals surface area contributed by atoms with Gasteiger partial charge in [-0.1, -0.05) is 36.8 Å². The van der Waals surface area contributed by atoms with Crippen molar-refractivity contribution in [1.82, 2.24) is 0 Å². The summed E-state index contributed by atoms with van der Waals surface area (Å²) in [6, 6.07) is 12.1. The third-order valence-corrected chi connectivity index (χ3v) is 9.14. The lowest BCUT2D eigenvalue weighted by Crippen LogP contribution is -2.42. The zero-order valence-electron chi connectivity index (χ0n) is 12.6. The molecule has 1 aromatic rings. The normalized spacial score (nSPS) is 12.7. The summed E-state index contributed by atoms with van der Waals surface area (Å²) in [5, 5.41) is 0. The van der Waals surface area contributed by atoms with Gasteiger partial charge in [0.25, 0.3) is 0 Å². The molecule has 0 aliphatic heterocycles. The van der Waals surface area contributed by atoms with Gasteiger partial charge in [0.15, 0.2) is 16.6 Å². The van der Waals surface area contributed by atoms with Crippen LogP contribution in [0.4, 0.5) is 0 Å². The molecule has 0 amide bonds. The summed E-state index contributed by atoms with van der Waals surface area (Å²) < 4.78 is 6.36. The molecular formula is C15H28OSi2. The SMILES string of the molecule is C[Si](C)(C)O[Si](C)(C)CCCCc1ccccc1. The van der Waals surface area contributed by atoms with Crippen molar-refractivity contribution in [3.63, 3.8) is 0 Å². The fourth-order valence-corrected chi connectivity index (χ4v) is 10.5. The first kappa shape index (κ1) is 15.7. The van der Waals surface area contributed by atoms with Crippen molar-refractivity contribution in [3.05, 3.63) is 35.9 Å². The predicted molar refractivity (Wildman–Crippen MR) is 86.1 cm³/mol. The smallest absolute Gasteiger partial charge is 0.173 e. The molecule has 0 saturated carbocycles. The zero-order valence-corrected chi connectivity index (χ0v) is 14.6. The molecule has 0 saturated heterocycles. The van der Waals surface area contributed by atoms with Gasteiger partial charge in [0.2, 0.25) is 0 Å². The molecule has 1 nitrogen and oxygen atoms in total. The zero-order chi connectivity index (χ0) is 13.6. The van der Waals surface area contributed by atoms with E-state index in [4.69, 9.17) is 4.12 Å². The van der Waals surface area contributed by atoms with E-state index in [1.165, 1.54) is 30.9 Å². The number of unbranched alkanes of at least 4 members (excludes halogenated alkanes) is 1. The summed E-state index contributed by atoms with van der Waals surface area (Å²) in [7, 11) is -2.77. The fraction of sp³-hybridized carbons (Fsp3) is 0.600. The minimum absolute atomic E-state index is 1.21. The van der Waals surface area contributed by atoms with Crippen LogP contribution in [0.25, 0.3) is 0 Å². The lowest BCUT2D eigenvalue weighted by atomic mass is 10.1. The van der Waals surface area contributed by atoms with Crippen molar-refractivity contribution in [2.45, 2.75) is 58.0 Å². The highest BCUT2D eigenvalue weighted by Crippen LogP contribution is 2.21. The second-order valence-electron chi connectivity index (χ2n) is 6.67. The van der Waals surface area contributed by atoms with Crippen LogP contribution < -0.4 is 0 Å². The second kappa shape index (κ2) is 6.69. The Kier molecular flexibility index (Phi) is 5.82. The fourth-order valence-electron chi connectivity index (χ4n) is 2.40. The van der Waals surface area contributed by atoms with Gasteiger partial charge >= 0.3 is 0 Å². The molecule has 0 heterocycles. The molecule has 0 N–H and O–H groups in total. The molecule has 0 fully saturated rings. The van der Waals surface area contributed by atoms with E-state index < -0.39 is 16.6 Å². The van der Waals surface area contributed by atoms with Gasteiger partial charge in [-0.15, -0.1) is 0 Å². The Hall–Kier alpha value is -0.386. The van der Waals surface area contributed by atoms with Crippen molar-refractivity contribution in [2.75, 3.05) is 0 Å². The van der Waals surface area contributed by atoms with E-state index in [1.807, 2.05) is 0 Å². The molecule has 0 aliphatic carbocycles. The molecule has 0 aliphatic rings. The summed E-state index contributed by atoms with van der Waals surface area (Å²) in [5.41, 5.74) is 1.46. The Morgan fingerprint density at radius 3 is 2.06 bits per heavy atom.